The van der Waals surface area contributed by atoms with E-state index in [-0.39, 0.29) is 5.57 Å². The van der Waals surface area contributed by atoms with Crippen molar-refractivity contribution in [3.8, 4) is 17.6 Å². The molecule has 0 saturated carbocycles. The number of anilines is 1. The Morgan fingerprint density at radius 1 is 1.25 bits per heavy atom. The first-order valence-electron chi connectivity index (χ1n) is 8.76. The molecule has 0 radical (unpaired) electrons. The number of hydrogen-bond acceptors (Lipinski definition) is 4. The van der Waals surface area contributed by atoms with Crippen LogP contribution in [0, 0.1) is 11.3 Å². The molecule has 0 aliphatic rings. The van der Waals surface area contributed by atoms with Crippen LogP contribution in [0.4, 0.5) is 5.69 Å². The monoisotopic (exact) mass is 462 g/mol. The predicted molar refractivity (Wildman–Crippen MR) is 115 cm³/mol. The summed E-state index contributed by atoms with van der Waals surface area (Å²) in [6.45, 7) is 4.92. The summed E-state index contributed by atoms with van der Waals surface area (Å²) in [5, 5.41) is 12.5. The fourth-order valence-electron chi connectivity index (χ4n) is 2.31. The van der Waals surface area contributed by atoms with Crippen LogP contribution in [0.25, 0.3) is 6.08 Å². The van der Waals surface area contributed by atoms with Gasteiger partial charge in [-0.15, -0.1) is 0 Å². The van der Waals surface area contributed by atoms with Gasteiger partial charge >= 0.3 is 0 Å². The molecular formula is C21H20BrClN2O3. The van der Waals surface area contributed by atoms with Gasteiger partial charge in [0.25, 0.3) is 5.91 Å². The molecule has 0 atom stereocenters. The maximum absolute atomic E-state index is 12.5. The van der Waals surface area contributed by atoms with Crippen LogP contribution in [0.15, 0.2) is 46.4 Å². The molecular weight excluding hydrogens is 444 g/mol. The molecule has 0 aliphatic carbocycles. The number of amides is 1. The highest BCUT2D eigenvalue weighted by atomic mass is 79.9. The van der Waals surface area contributed by atoms with E-state index in [1.165, 1.54) is 6.08 Å². The highest BCUT2D eigenvalue weighted by Crippen LogP contribution is 2.35. The van der Waals surface area contributed by atoms with Crippen molar-refractivity contribution in [3.63, 3.8) is 0 Å². The fourth-order valence-corrected chi connectivity index (χ4v) is 2.93. The lowest BCUT2D eigenvalue weighted by atomic mass is 10.1. The molecule has 0 saturated heterocycles. The van der Waals surface area contributed by atoms with Gasteiger partial charge < -0.3 is 14.8 Å². The van der Waals surface area contributed by atoms with Crippen LogP contribution in [-0.2, 0) is 4.79 Å². The van der Waals surface area contributed by atoms with Crippen LogP contribution in [-0.4, -0.2) is 19.1 Å². The Bertz CT molecular complexity index is 922. The lowest BCUT2D eigenvalue weighted by Gasteiger charge is -2.14. The summed E-state index contributed by atoms with van der Waals surface area (Å²) >= 11 is 9.53. The molecule has 0 bridgehead atoms. The second kappa shape index (κ2) is 10.7. The van der Waals surface area contributed by atoms with E-state index >= 15 is 0 Å². The first-order valence-corrected chi connectivity index (χ1v) is 9.94. The quantitative estimate of drug-likeness (QED) is 0.394. The molecule has 1 amide bonds. The van der Waals surface area contributed by atoms with Gasteiger partial charge in [-0.3, -0.25) is 4.79 Å². The predicted octanol–water partition coefficient (Wildman–Crippen LogP) is 5.84. The number of carbonyl (C=O) groups excluding carboxylic acids is 1. The largest absolute Gasteiger partial charge is 0.490 e. The highest BCUT2D eigenvalue weighted by Gasteiger charge is 2.14. The number of carbonyl (C=O) groups is 1. The molecule has 0 aliphatic heterocycles. The minimum Gasteiger partial charge on any atom is -0.490 e. The maximum Gasteiger partial charge on any atom is 0.266 e. The van der Waals surface area contributed by atoms with Crippen LogP contribution >= 0.6 is 27.5 Å². The average molecular weight is 464 g/mol. The highest BCUT2D eigenvalue weighted by molar-refractivity contribution is 9.10. The molecule has 5 nitrogen and oxygen atoms in total. The number of hydrogen-bond donors (Lipinski definition) is 1. The summed E-state index contributed by atoms with van der Waals surface area (Å²) in [5.41, 5.74) is 0.996. The zero-order valence-electron chi connectivity index (χ0n) is 15.6. The number of halogens is 2. The molecule has 0 aromatic heterocycles. The van der Waals surface area contributed by atoms with Crippen molar-refractivity contribution in [2.45, 2.75) is 20.3 Å². The fraction of sp³-hybridized carbons (Fsp3) is 0.238. The lowest BCUT2D eigenvalue weighted by Crippen LogP contribution is -2.13. The topological polar surface area (TPSA) is 71.3 Å². The third kappa shape index (κ3) is 5.75. The molecule has 28 heavy (non-hydrogen) atoms. The van der Waals surface area contributed by atoms with Crippen molar-refractivity contribution in [3.05, 3.63) is 57.0 Å². The number of nitrogens with one attached hydrogen (secondary N) is 1. The molecule has 0 heterocycles. The molecule has 0 spiro atoms. The molecule has 0 unspecified atom stereocenters. The first-order chi connectivity index (χ1) is 13.5. The van der Waals surface area contributed by atoms with Crippen LogP contribution in [0.5, 0.6) is 11.5 Å². The molecule has 2 aromatic carbocycles. The second-order valence-corrected chi connectivity index (χ2v) is 6.97. The van der Waals surface area contributed by atoms with Gasteiger partial charge in [0.05, 0.1) is 23.9 Å². The third-order valence-electron chi connectivity index (χ3n) is 3.61. The molecule has 2 rings (SSSR count). The van der Waals surface area contributed by atoms with E-state index in [9.17, 15) is 10.1 Å². The number of benzene rings is 2. The molecule has 1 N–H and O–H groups in total. The van der Waals surface area contributed by atoms with Crippen molar-refractivity contribution in [2.75, 3.05) is 18.5 Å². The summed E-state index contributed by atoms with van der Waals surface area (Å²) in [4.78, 5) is 12.5. The van der Waals surface area contributed by atoms with Gasteiger partial charge in [-0.2, -0.15) is 5.26 Å². The Morgan fingerprint density at radius 3 is 2.61 bits per heavy atom. The van der Waals surface area contributed by atoms with Crippen LogP contribution < -0.4 is 14.8 Å². The Labute approximate surface area is 178 Å². The zero-order chi connectivity index (χ0) is 20.5. The minimum atomic E-state index is -0.549. The average Bonchev–Trinajstić information content (AvgIpc) is 2.68. The Hall–Kier alpha value is -2.49. The van der Waals surface area contributed by atoms with Crippen molar-refractivity contribution in [2.24, 2.45) is 0 Å². The molecule has 146 valence electrons. The smallest absolute Gasteiger partial charge is 0.266 e. The van der Waals surface area contributed by atoms with E-state index in [0.29, 0.717) is 45.5 Å². The Kier molecular flexibility index (Phi) is 8.37. The summed E-state index contributed by atoms with van der Waals surface area (Å²) in [5.74, 6) is 0.604. The number of rotatable bonds is 8. The van der Waals surface area contributed by atoms with E-state index in [1.54, 1.807) is 36.4 Å². The minimum absolute atomic E-state index is 0.0645. The van der Waals surface area contributed by atoms with E-state index in [1.807, 2.05) is 19.9 Å². The zero-order valence-corrected chi connectivity index (χ0v) is 17.9. The molecule has 2 aromatic rings. The molecule has 0 fully saturated rings. The van der Waals surface area contributed by atoms with E-state index in [2.05, 4.69) is 21.2 Å². The first kappa shape index (κ1) is 21.8. The van der Waals surface area contributed by atoms with Gasteiger partial charge in [0.2, 0.25) is 0 Å². The summed E-state index contributed by atoms with van der Waals surface area (Å²) < 4.78 is 12.0. The van der Waals surface area contributed by atoms with Crippen LogP contribution in [0.1, 0.15) is 25.8 Å². The van der Waals surface area contributed by atoms with Crippen molar-refractivity contribution in [1.29, 1.82) is 5.26 Å². The van der Waals surface area contributed by atoms with Gasteiger partial charge in [0.15, 0.2) is 11.5 Å². The van der Waals surface area contributed by atoms with Gasteiger partial charge in [-0.25, -0.2) is 0 Å². The normalized spacial score (nSPS) is 10.9. The number of nitrogens with zero attached hydrogens (tertiary/aromatic N) is 1. The Balaban J connectivity index is 2.34. The van der Waals surface area contributed by atoms with Crippen molar-refractivity contribution in [1.82, 2.24) is 0 Å². The van der Waals surface area contributed by atoms with E-state index < -0.39 is 5.91 Å². The standard InChI is InChI=1S/C21H20BrClN2O3/c1-3-9-28-20-12-16(22)14(11-19(20)27-4-2)10-15(13-24)21(26)25-18-8-6-5-7-17(18)23/h5-8,10-12H,3-4,9H2,1-2H3,(H,25,26). The summed E-state index contributed by atoms with van der Waals surface area (Å²) in [6.07, 6.45) is 2.36. The number of para-hydroxylation sites is 1. The van der Waals surface area contributed by atoms with Crippen molar-refractivity contribution >= 4 is 45.2 Å². The maximum atomic E-state index is 12.5. The second-order valence-electron chi connectivity index (χ2n) is 5.71. The Morgan fingerprint density at radius 2 is 1.96 bits per heavy atom. The van der Waals surface area contributed by atoms with Crippen LogP contribution in [0.3, 0.4) is 0 Å². The van der Waals surface area contributed by atoms with E-state index in [0.717, 1.165) is 6.42 Å². The van der Waals surface area contributed by atoms with Crippen LogP contribution in [0.2, 0.25) is 5.02 Å². The third-order valence-corrected chi connectivity index (χ3v) is 4.63. The van der Waals surface area contributed by atoms with Gasteiger partial charge in [0, 0.05) is 4.47 Å². The van der Waals surface area contributed by atoms with Gasteiger partial charge in [-0.05, 0) is 49.2 Å². The number of ether oxygens (including phenoxy) is 2. The van der Waals surface area contributed by atoms with Gasteiger partial charge in [-0.1, -0.05) is 46.6 Å². The summed E-state index contributed by atoms with van der Waals surface area (Å²) in [6, 6.07) is 12.3. The SMILES string of the molecule is CCCOc1cc(Br)c(C=C(C#N)C(=O)Nc2ccccc2Cl)cc1OCC. The lowest BCUT2D eigenvalue weighted by molar-refractivity contribution is -0.112. The molecule has 7 heteroatoms. The van der Waals surface area contributed by atoms with Crippen molar-refractivity contribution < 1.29 is 14.3 Å². The van der Waals surface area contributed by atoms with E-state index in [4.69, 9.17) is 21.1 Å². The summed E-state index contributed by atoms with van der Waals surface area (Å²) in [7, 11) is 0. The number of nitriles is 1. The van der Waals surface area contributed by atoms with Gasteiger partial charge in [0.1, 0.15) is 11.6 Å².